The minimum atomic E-state index is 0.320. The molecule has 6 heteroatoms. The van der Waals surface area contributed by atoms with Crippen molar-refractivity contribution < 1.29 is 0 Å². The molecule has 2 aromatic heterocycles. The van der Waals surface area contributed by atoms with E-state index in [1.54, 1.807) is 0 Å². The first kappa shape index (κ1) is 17.9. The molecule has 0 spiro atoms. The second-order valence-electron chi connectivity index (χ2n) is 7.34. The van der Waals surface area contributed by atoms with Crippen molar-refractivity contribution in [2.75, 3.05) is 4.90 Å². The van der Waals surface area contributed by atoms with E-state index < -0.39 is 0 Å². The molecule has 2 aromatic carbocycles. The average molecular weight is 402 g/mol. The van der Waals surface area contributed by atoms with Gasteiger partial charge in [-0.05, 0) is 62.2 Å². The van der Waals surface area contributed by atoms with Crippen molar-refractivity contribution in [3.63, 3.8) is 0 Å². The van der Waals surface area contributed by atoms with Crippen LogP contribution in [0, 0.1) is 6.92 Å². The second kappa shape index (κ2) is 7.01. The van der Waals surface area contributed by atoms with E-state index >= 15 is 0 Å². The highest BCUT2D eigenvalue weighted by Crippen LogP contribution is 2.37. The SMILES string of the molecule is Cc1nn(-c2ccc(Cl)cc2)cc1-c1ccnc(N2c3ccccc3CC2C)n1. The molecule has 0 saturated heterocycles. The molecule has 0 N–H and O–H groups in total. The zero-order valence-electron chi connectivity index (χ0n) is 16.2. The lowest BCUT2D eigenvalue weighted by Gasteiger charge is -2.22. The van der Waals surface area contributed by atoms with Crippen LogP contribution in [-0.2, 0) is 6.42 Å². The van der Waals surface area contributed by atoms with Gasteiger partial charge in [0.05, 0.1) is 17.1 Å². The number of benzene rings is 2. The highest BCUT2D eigenvalue weighted by molar-refractivity contribution is 6.30. The molecule has 144 valence electrons. The Morgan fingerprint density at radius 3 is 2.66 bits per heavy atom. The monoisotopic (exact) mass is 401 g/mol. The smallest absolute Gasteiger partial charge is 0.230 e. The minimum absolute atomic E-state index is 0.320. The summed E-state index contributed by atoms with van der Waals surface area (Å²) in [5.74, 6) is 0.721. The molecule has 1 atom stereocenters. The van der Waals surface area contributed by atoms with Gasteiger partial charge in [0.15, 0.2) is 0 Å². The molecule has 0 amide bonds. The number of nitrogens with zero attached hydrogens (tertiary/aromatic N) is 5. The summed E-state index contributed by atoms with van der Waals surface area (Å²) in [5.41, 5.74) is 6.25. The summed E-state index contributed by atoms with van der Waals surface area (Å²) >= 11 is 6.01. The van der Waals surface area contributed by atoms with E-state index in [9.17, 15) is 0 Å². The summed E-state index contributed by atoms with van der Waals surface area (Å²) in [6, 6.07) is 18.3. The first-order chi connectivity index (χ1) is 14.1. The zero-order chi connectivity index (χ0) is 20.0. The van der Waals surface area contributed by atoms with E-state index in [0.717, 1.165) is 35.0 Å². The molecule has 29 heavy (non-hydrogen) atoms. The zero-order valence-corrected chi connectivity index (χ0v) is 17.0. The largest absolute Gasteiger partial charge is 0.307 e. The van der Waals surface area contributed by atoms with Crippen LogP contribution in [0.25, 0.3) is 16.9 Å². The van der Waals surface area contributed by atoms with Gasteiger partial charge in [-0.25, -0.2) is 14.6 Å². The average Bonchev–Trinajstić information content (AvgIpc) is 3.28. The van der Waals surface area contributed by atoms with Gasteiger partial charge in [-0.3, -0.25) is 0 Å². The summed E-state index contributed by atoms with van der Waals surface area (Å²) in [5, 5.41) is 5.37. The van der Waals surface area contributed by atoms with Crippen molar-refractivity contribution in [2.45, 2.75) is 26.3 Å². The van der Waals surface area contributed by atoms with Crippen LogP contribution >= 0.6 is 11.6 Å². The van der Waals surface area contributed by atoms with Crippen LogP contribution in [0.2, 0.25) is 5.02 Å². The van der Waals surface area contributed by atoms with E-state index in [1.807, 2.05) is 54.3 Å². The highest BCUT2D eigenvalue weighted by Gasteiger charge is 2.28. The maximum absolute atomic E-state index is 6.01. The maximum Gasteiger partial charge on any atom is 0.230 e. The molecule has 0 saturated carbocycles. The lowest BCUT2D eigenvalue weighted by Crippen LogP contribution is -2.25. The predicted octanol–water partition coefficient (Wildman–Crippen LogP) is 5.37. The Morgan fingerprint density at radius 1 is 1.03 bits per heavy atom. The molecule has 3 heterocycles. The minimum Gasteiger partial charge on any atom is -0.307 e. The quantitative estimate of drug-likeness (QED) is 0.462. The van der Waals surface area contributed by atoms with Gasteiger partial charge in [0, 0.05) is 34.7 Å². The summed E-state index contributed by atoms with van der Waals surface area (Å²) < 4.78 is 1.86. The van der Waals surface area contributed by atoms with Gasteiger partial charge in [0.2, 0.25) is 5.95 Å². The number of aryl methyl sites for hydroxylation is 1. The summed E-state index contributed by atoms with van der Waals surface area (Å²) in [7, 11) is 0. The Kier molecular flexibility index (Phi) is 4.32. The van der Waals surface area contributed by atoms with Crippen molar-refractivity contribution in [1.82, 2.24) is 19.7 Å². The Bertz CT molecular complexity index is 1180. The van der Waals surface area contributed by atoms with Crippen molar-refractivity contribution in [1.29, 1.82) is 0 Å². The fourth-order valence-electron chi connectivity index (χ4n) is 3.92. The fraction of sp³-hybridized carbons (Fsp3) is 0.174. The Balaban J connectivity index is 1.53. The van der Waals surface area contributed by atoms with Gasteiger partial charge in [0.25, 0.3) is 0 Å². The molecule has 5 rings (SSSR count). The van der Waals surface area contributed by atoms with Gasteiger partial charge in [-0.1, -0.05) is 29.8 Å². The molecule has 1 aliphatic rings. The number of halogens is 1. The van der Waals surface area contributed by atoms with Crippen molar-refractivity contribution in [3.8, 4) is 16.9 Å². The van der Waals surface area contributed by atoms with Crippen LogP contribution in [0.1, 0.15) is 18.2 Å². The summed E-state index contributed by atoms with van der Waals surface area (Å²) in [4.78, 5) is 11.7. The number of aromatic nitrogens is 4. The number of rotatable bonds is 3. The third-order valence-corrected chi connectivity index (χ3v) is 5.58. The summed E-state index contributed by atoms with van der Waals surface area (Å²) in [6.07, 6.45) is 4.83. The van der Waals surface area contributed by atoms with E-state index in [0.29, 0.717) is 11.1 Å². The molecule has 1 unspecified atom stereocenters. The molecular weight excluding hydrogens is 382 g/mol. The van der Waals surface area contributed by atoms with E-state index in [4.69, 9.17) is 16.6 Å². The Labute approximate surface area is 174 Å². The third kappa shape index (κ3) is 3.17. The Hall–Kier alpha value is -3.18. The normalized spacial score (nSPS) is 15.6. The van der Waals surface area contributed by atoms with Crippen LogP contribution < -0.4 is 4.90 Å². The number of fused-ring (bicyclic) bond motifs is 1. The lowest BCUT2D eigenvalue weighted by atomic mass is 10.1. The molecule has 0 radical (unpaired) electrons. The Morgan fingerprint density at radius 2 is 1.83 bits per heavy atom. The van der Waals surface area contributed by atoms with Gasteiger partial charge in [-0.15, -0.1) is 0 Å². The van der Waals surface area contributed by atoms with Crippen molar-refractivity contribution in [3.05, 3.63) is 83.3 Å². The number of anilines is 2. The molecule has 0 bridgehead atoms. The van der Waals surface area contributed by atoms with Crippen LogP contribution in [0.3, 0.4) is 0 Å². The lowest BCUT2D eigenvalue weighted by molar-refractivity contribution is 0.740. The molecule has 1 aliphatic heterocycles. The second-order valence-corrected chi connectivity index (χ2v) is 7.78. The molecule has 0 fully saturated rings. The maximum atomic E-state index is 6.01. The van der Waals surface area contributed by atoms with E-state index in [1.165, 1.54) is 11.3 Å². The highest BCUT2D eigenvalue weighted by atomic mass is 35.5. The van der Waals surface area contributed by atoms with Crippen molar-refractivity contribution >= 4 is 23.2 Å². The number of para-hydroxylation sites is 1. The standard InChI is InChI=1S/C23H20ClN5/c1-15-13-17-5-3-4-6-22(17)29(15)23-25-12-11-21(26-23)20-14-28(27-16(20)2)19-9-7-18(24)8-10-19/h3-12,14-15H,13H2,1-2H3. The van der Waals surface area contributed by atoms with E-state index in [-0.39, 0.29) is 0 Å². The fourth-order valence-corrected chi connectivity index (χ4v) is 4.05. The predicted molar refractivity (Wildman–Crippen MR) is 116 cm³/mol. The summed E-state index contributed by atoms with van der Waals surface area (Å²) in [6.45, 7) is 4.21. The van der Waals surface area contributed by atoms with Gasteiger partial charge < -0.3 is 4.90 Å². The van der Waals surface area contributed by atoms with Crippen molar-refractivity contribution in [2.24, 2.45) is 0 Å². The molecular formula is C23H20ClN5. The van der Waals surface area contributed by atoms with Crippen LogP contribution in [0.4, 0.5) is 11.6 Å². The molecule has 0 aliphatic carbocycles. The van der Waals surface area contributed by atoms with Gasteiger partial charge >= 0.3 is 0 Å². The topological polar surface area (TPSA) is 46.8 Å². The van der Waals surface area contributed by atoms with Crippen LogP contribution in [0.15, 0.2) is 67.0 Å². The van der Waals surface area contributed by atoms with Crippen LogP contribution in [-0.4, -0.2) is 25.8 Å². The third-order valence-electron chi connectivity index (χ3n) is 5.33. The van der Waals surface area contributed by atoms with Gasteiger partial charge in [0.1, 0.15) is 0 Å². The van der Waals surface area contributed by atoms with Crippen LogP contribution in [0.5, 0.6) is 0 Å². The number of hydrogen-bond acceptors (Lipinski definition) is 4. The van der Waals surface area contributed by atoms with Gasteiger partial charge in [-0.2, -0.15) is 5.10 Å². The molecule has 4 aromatic rings. The first-order valence-electron chi connectivity index (χ1n) is 9.63. The first-order valence-corrected chi connectivity index (χ1v) is 10.0. The number of hydrogen-bond donors (Lipinski definition) is 0. The van der Waals surface area contributed by atoms with E-state index in [2.05, 4.69) is 46.2 Å². The molecule has 5 nitrogen and oxygen atoms in total.